The van der Waals surface area contributed by atoms with Crippen LogP contribution >= 0.6 is 0 Å². The molecule has 4 rings (SSSR count). The number of para-hydroxylation sites is 1. The quantitative estimate of drug-likeness (QED) is 0.354. The highest BCUT2D eigenvalue weighted by atomic mass is 19.1. The summed E-state index contributed by atoms with van der Waals surface area (Å²) in [5.41, 5.74) is 4.12. The molecule has 0 bridgehead atoms. The van der Waals surface area contributed by atoms with Gasteiger partial charge in [-0.1, -0.05) is 30.3 Å². The molecule has 0 fully saturated rings. The molecule has 3 aromatic carbocycles. The number of hydrogen-bond acceptors (Lipinski definition) is 3. The first-order chi connectivity index (χ1) is 14.1. The Labute approximate surface area is 166 Å². The van der Waals surface area contributed by atoms with Crippen LogP contribution in [0.5, 0.6) is 5.75 Å². The zero-order chi connectivity index (χ0) is 20.4. The normalized spacial score (nSPS) is 12.1. The number of benzene rings is 3. The van der Waals surface area contributed by atoms with Gasteiger partial charge in [-0.05, 0) is 59.2 Å². The number of H-pyrrole nitrogens is 1. The Bertz CT molecular complexity index is 1150. The maximum atomic E-state index is 13.5. The van der Waals surface area contributed by atoms with Crippen LogP contribution < -0.4 is 4.74 Å². The number of fused-ring (bicyclic) bond motifs is 1. The number of ether oxygens (including phenoxy) is 1. The van der Waals surface area contributed by atoms with Crippen LogP contribution in [0.3, 0.4) is 0 Å². The molecule has 0 saturated carbocycles. The van der Waals surface area contributed by atoms with Gasteiger partial charge in [0.05, 0.1) is 18.7 Å². The van der Waals surface area contributed by atoms with Crippen LogP contribution in [0.4, 0.5) is 4.39 Å². The Hall–Kier alpha value is -3.67. The summed E-state index contributed by atoms with van der Waals surface area (Å²) >= 11 is 0. The monoisotopic (exact) mass is 390 g/mol. The Morgan fingerprint density at radius 1 is 1.03 bits per heavy atom. The van der Waals surface area contributed by atoms with E-state index < -0.39 is 5.92 Å². The largest absolute Gasteiger partial charge is 0.497 e. The standard InChI is InChI=1S/C23H19FN2O3/c1-29-18-12-8-16(9-13-18)23-22(19-4-2-3-5-21(19)25-23)20(14-26(27)28)15-6-10-17(24)11-7-15/h2-13,20,25H,14H2,1H3. The van der Waals surface area contributed by atoms with Gasteiger partial charge in [0.2, 0.25) is 6.54 Å². The fourth-order valence-corrected chi connectivity index (χ4v) is 3.72. The van der Waals surface area contributed by atoms with Crippen molar-refractivity contribution < 1.29 is 14.1 Å². The number of rotatable bonds is 6. The van der Waals surface area contributed by atoms with Gasteiger partial charge in [-0.3, -0.25) is 10.1 Å². The average Bonchev–Trinajstić information content (AvgIpc) is 3.12. The van der Waals surface area contributed by atoms with Crippen LogP contribution in [0, 0.1) is 15.9 Å². The van der Waals surface area contributed by atoms with E-state index in [4.69, 9.17) is 4.74 Å². The van der Waals surface area contributed by atoms with E-state index in [1.165, 1.54) is 12.1 Å². The molecule has 29 heavy (non-hydrogen) atoms. The van der Waals surface area contributed by atoms with Crippen LogP contribution in [-0.4, -0.2) is 23.6 Å². The minimum Gasteiger partial charge on any atom is -0.497 e. The number of methoxy groups -OCH3 is 1. The number of hydrogen-bond donors (Lipinski definition) is 1. The van der Waals surface area contributed by atoms with Gasteiger partial charge in [0, 0.05) is 15.8 Å². The highest BCUT2D eigenvalue weighted by molar-refractivity contribution is 5.92. The van der Waals surface area contributed by atoms with E-state index in [0.717, 1.165) is 33.5 Å². The number of nitrogens with zero attached hydrogens (tertiary/aromatic N) is 1. The maximum absolute atomic E-state index is 13.5. The number of aromatic nitrogens is 1. The molecule has 1 N–H and O–H groups in total. The van der Waals surface area contributed by atoms with Crippen molar-refractivity contribution in [1.29, 1.82) is 0 Å². The summed E-state index contributed by atoms with van der Waals surface area (Å²) in [5.74, 6) is -0.173. The fourth-order valence-electron chi connectivity index (χ4n) is 3.72. The highest BCUT2D eigenvalue weighted by Gasteiger charge is 2.27. The summed E-state index contributed by atoms with van der Waals surface area (Å²) in [6.45, 7) is -0.295. The summed E-state index contributed by atoms with van der Waals surface area (Å²) in [6.07, 6.45) is 0. The summed E-state index contributed by atoms with van der Waals surface area (Å²) < 4.78 is 18.7. The van der Waals surface area contributed by atoms with Gasteiger partial charge < -0.3 is 9.72 Å². The zero-order valence-corrected chi connectivity index (χ0v) is 15.8. The number of halogens is 1. The molecule has 0 aliphatic carbocycles. The van der Waals surface area contributed by atoms with Crippen molar-refractivity contribution >= 4 is 10.9 Å². The Kier molecular flexibility index (Phi) is 4.99. The molecule has 4 aromatic rings. The molecule has 5 nitrogen and oxygen atoms in total. The second kappa shape index (κ2) is 7.75. The van der Waals surface area contributed by atoms with Crippen molar-refractivity contribution in [2.45, 2.75) is 5.92 Å². The van der Waals surface area contributed by atoms with Crippen LogP contribution in [0.2, 0.25) is 0 Å². The highest BCUT2D eigenvalue weighted by Crippen LogP contribution is 2.39. The lowest BCUT2D eigenvalue weighted by Gasteiger charge is -2.16. The van der Waals surface area contributed by atoms with Crippen LogP contribution in [0.15, 0.2) is 72.8 Å². The Balaban J connectivity index is 1.95. The summed E-state index contributed by atoms with van der Waals surface area (Å²) in [5, 5.41) is 12.4. The van der Waals surface area contributed by atoms with Gasteiger partial charge in [-0.2, -0.15) is 0 Å². The first-order valence-corrected chi connectivity index (χ1v) is 9.19. The van der Waals surface area contributed by atoms with E-state index in [1.807, 2.05) is 48.5 Å². The predicted molar refractivity (Wildman–Crippen MR) is 110 cm³/mol. The van der Waals surface area contributed by atoms with Crippen molar-refractivity contribution in [3.8, 4) is 17.0 Å². The average molecular weight is 390 g/mol. The molecule has 6 heteroatoms. The smallest absolute Gasteiger partial charge is 0.214 e. The van der Waals surface area contributed by atoms with Gasteiger partial charge in [-0.25, -0.2) is 4.39 Å². The second-order valence-electron chi connectivity index (χ2n) is 6.81. The van der Waals surface area contributed by atoms with Crippen molar-refractivity contribution in [3.63, 3.8) is 0 Å². The van der Waals surface area contributed by atoms with Crippen LogP contribution in [-0.2, 0) is 0 Å². The molecule has 0 aliphatic heterocycles. The van der Waals surface area contributed by atoms with Crippen molar-refractivity contribution in [1.82, 2.24) is 4.98 Å². The lowest BCUT2D eigenvalue weighted by molar-refractivity contribution is -0.481. The minimum atomic E-state index is -0.529. The maximum Gasteiger partial charge on any atom is 0.214 e. The van der Waals surface area contributed by atoms with E-state index in [2.05, 4.69) is 4.98 Å². The van der Waals surface area contributed by atoms with Gasteiger partial charge in [0.25, 0.3) is 0 Å². The molecule has 0 spiro atoms. The minimum absolute atomic E-state index is 0.295. The first-order valence-electron chi connectivity index (χ1n) is 9.19. The molecule has 0 radical (unpaired) electrons. The summed E-state index contributed by atoms with van der Waals surface area (Å²) in [4.78, 5) is 14.6. The third-order valence-electron chi connectivity index (χ3n) is 5.08. The first kappa shape index (κ1) is 18.7. The molecule has 1 heterocycles. The van der Waals surface area contributed by atoms with E-state index in [9.17, 15) is 14.5 Å². The number of nitro groups is 1. The summed E-state index contributed by atoms with van der Waals surface area (Å²) in [6, 6.07) is 21.2. The van der Waals surface area contributed by atoms with Crippen molar-refractivity contribution in [2.24, 2.45) is 0 Å². The van der Waals surface area contributed by atoms with Crippen LogP contribution in [0.25, 0.3) is 22.2 Å². The molecular weight excluding hydrogens is 371 g/mol. The predicted octanol–water partition coefficient (Wildman–Crippen LogP) is 5.39. The van der Waals surface area contributed by atoms with Gasteiger partial charge >= 0.3 is 0 Å². The molecule has 0 saturated heterocycles. The topological polar surface area (TPSA) is 68.2 Å². The van der Waals surface area contributed by atoms with Gasteiger partial charge in [-0.15, -0.1) is 0 Å². The lowest BCUT2D eigenvalue weighted by atomic mass is 9.87. The molecule has 1 aromatic heterocycles. The Morgan fingerprint density at radius 2 is 1.72 bits per heavy atom. The van der Waals surface area contributed by atoms with Crippen molar-refractivity contribution in [2.75, 3.05) is 13.7 Å². The molecule has 1 unspecified atom stereocenters. The van der Waals surface area contributed by atoms with Gasteiger partial charge in [0.1, 0.15) is 11.6 Å². The van der Waals surface area contributed by atoms with E-state index >= 15 is 0 Å². The SMILES string of the molecule is COc1ccc(-c2[nH]c3ccccc3c2C(C[N+](=O)[O-])c2ccc(F)cc2)cc1. The molecule has 0 aliphatic rings. The molecule has 1 atom stereocenters. The number of nitrogens with one attached hydrogen (secondary N) is 1. The summed E-state index contributed by atoms with van der Waals surface area (Å²) in [7, 11) is 1.60. The second-order valence-corrected chi connectivity index (χ2v) is 6.81. The van der Waals surface area contributed by atoms with Crippen LogP contribution in [0.1, 0.15) is 17.0 Å². The lowest BCUT2D eigenvalue weighted by Crippen LogP contribution is -2.14. The molecular formula is C23H19FN2O3. The zero-order valence-electron chi connectivity index (χ0n) is 15.8. The van der Waals surface area contributed by atoms with Crippen molar-refractivity contribution in [3.05, 3.63) is 99.9 Å². The molecule has 146 valence electrons. The third kappa shape index (κ3) is 3.69. The van der Waals surface area contributed by atoms with E-state index in [1.54, 1.807) is 19.2 Å². The van der Waals surface area contributed by atoms with E-state index in [0.29, 0.717) is 5.56 Å². The molecule has 0 amide bonds. The van der Waals surface area contributed by atoms with E-state index in [-0.39, 0.29) is 17.3 Å². The fraction of sp³-hybridized carbons (Fsp3) is 0.130. The Morgan fingerprint density at radius 3 is 2.38 bits per heavy atom. The third-order valence-corrected chi connectivity index (χ3v) is 5.08. The number of aromatic amines is 1. The van der Waals surface area contributed by atoms with Gasteiger partial charge in [0.15, 0.2) is 0 Å².